The van der Waals surface area contributed by atoms with Crippen molar-refractivity contribution in [3.8, 4) is 5.75 Å². The molecule has 1 aromatic heterocycles. The van der Waals surface area contributed by atoms with Gasteiger partial charge in [0.1, 0.15) is 18.4 Å². The summed E-state index contributed by atoms with van der Waals surface area (Å²) in [4.78, 5) is 17.8. The van der Waals surface area contributed by atoms with E-state index < -0.39 is 6.04 Å². The van der Waals surface area contributed by atoms with Crippen molar-refractivity contribution in [2.45, 2.75) is 57.8 Å². The number of rotatable bonds is 11. The summed E-state index contributed by atoms with van der Waals surface area (Å²) in [6.07, 6.45) is 2.96. The minimum absolute atomic E-state index is 0.352. The third-order valence-electron chi connectivity index (χ3n) is 5.71. The highest BCUT2D eigenvalue weighted by Gasteiger charge is 2.35. The van der Waals surface area contributed by atoms with E-state index in [-0.39, 0.29) is 5.97 Å². The summed E-state index contributed by atoms with van der Waals surface area (Å²) in [6.45, 7) is 6.78. The smallest absolute Gasteiger partial charge is 0.338 e. The van der Waals surface area contributed by atoms with E-state index in [1.165, 1.54) is 0 Å². The molecule has 1 atom stereocenters. The standard InChI is InChI=1S/C27H31ClN4O3S/c1-4-6-15-36-27-30-26-29-18(3)23(25(33)34-14-5-2)24(32(26)31-27)20-10-12-22(13-11-20)35-17-19-8-7-9-21(28)16-19/h7-13,16,24H,4-6,14-15,17H2,1-3H3,(H,29,30,31). The summed E-state index contributed by atoms with van der Waals surface area (Å²) < 4.78 is 13.3. The van der Waals surface area contributed by atoms with Crippen molar-refractivity contribution >= 4 is 35.3 Å². The molecule has 1 aliphatic heterocycles. The summed E-state index contributed by atoms with van der Waals surface area (Å²) in [5.41, 5.74) is 3.13. The third kappa shape index (κ3) is 6.23. The van der Waals surface area contributed by atoms with Gasteiger partial charge in [-0.2, -0.15) is 4.98 Å². The second-order valence-electron chi connectivity index (χ2n) is 8.55. The normalized spacial score (nSPS) is 14.8. The van der Waals surface area contributed by atoms with E-state index in [0.29, 0.717) is 40.6 Å². The average Bonchev–Trinajstić information content (AvgIpc) is 3.28. The lowest BCUT2D eigenvalue weighted by molar-refractivity contribution is -0.139. The number of esters is 1. The summed E-state index contributed by atoms with van der Waals surface area (Å²) >= 11 is 7.70. The fourth-order valence-electron chi connectivity index (χ4n) is 3.89. The van der Waals surface area contributed by atoms with E-state index in [9.17, 15) is 4.79 Å². The molecule has 0 radical (unpaired) electrons. The van der Waals surface area contributed by atoms with Crippen molar-refractivity contribution < 1.29 is 14.3 Å². The van der Waals surface area contributed by atoms with Crippen LogP contribution in [0.3, 0.4) is 0 Å². The summed E-state index contributed by atoms with van der Waals surface area (Å²) in [6, 6.07) is 14.9. The lowest BCUT2D eigenvalue weighted by Crippen LogP contribution is -2.29. The first-order chi connectivity index (χ1) is 17.5. The number of nitrogens with one attached hydrogen (secondary N) is 1. The molecular formula is C27H31ClN4O3S. The van der Waals surface area contributed by atoms with E-state index in [1.54, 1.807) is 16.4 Å². The quantitative estimate of drug-likeness (QED) is 0.170. The summed E-state index contributed by atoms with van der Waals surface area (Å²) in [5.74, 6) is 1.93. The molecule has 0 fully saturated rings. The SMILES string of the molecule is CCCCSc1nc2n(n1)C(c1ccc(OCc3cccc(Cl)c3)cc1)C(C(=O)OCCC)=C(C)N2. The zero-order valence-corrected chi connectivity index (χ0v) is 22.4. The predicted octanol–water partition coefficient (Wildman–Crippen LogP) is 6.64. The lowest BCUT2D eigenvalue weighted by atomic mass is 9.96. The largest absolute Gasteiger partial charge is 0.489 e. The van der Waals surface area contributed by atoms with Crippen LogP contribution in [0.2, 0.25) is 5.02 Å². The molecule has 0 amide bonds. The second kappa shape index (κ2) is 12.3. The van der Waals surface area contributed by atoms with Gasteiger partial charge in [-0.1, -0.05) is 67.9 Å². The molecule has 2 heterocycles. The van der Waals surface area contributed by atoms with Gasteiger partial charge in [-0.25, -0.2) is 9.48 Å². The number of allylic oxidation sites excluding steroid dienone is 1. The van der Waals surface area contributed by atoms with Crippen LogP contribution in [0.15, 0.2) is 65.0 Å². The Kier molecular flexibility index (Phi) is 8.93. The molecule has 0 saturated carbocycles. The third-order valence-corrected chi connectivity index (χ3v) is 6.87. The van der Waals surface area contributed by atoms with E-state index in [0.717, 1.165) is 41.9 Å². The van der Waals surface area contributed by atoms with E-state index in [4.69, 9.17) is 26.2 Å². The zero-order chi connectivity index (χ0) is 25.5. The number of carbonyl (C=O) groups is 1. The van der Waals surface area contributed by atoms with E-state index in [2.05, 4.69) is 17.2 Å². The fraction of sp³-hybridized carbons (Fsp3) is 0.370. The predicted molar refractivity (Wildman–Crippen MR) is 144 cm³/mol. The fourth-order valence-corrected chi connectivity index (χ4v) is 5.01. The van der Waals surface area contributed by atoms with Crippen molar-refractivity contribution in [2.24, 2.45) is 0 Å². The van der Waals surface area contributed by atoms with Gasteiger partial charge in [0.2, 0.25) is 11.1 Å². The number of nitrogens with zero attached hydrogens (tertiary/aromatic N) is 3. The minimum Gasteiger partial charge on any atom is -0.489 e. The number of hydrogen-bond donors (Lipinski definition) is 1. The topological polar surface area (TPSA) is 78.3 Å². The van der Waals surface area contributed by atoms with Crippen LogP contribution >= 0.6 is 23.4 Å². The molecule has 36 heavy (non-hydrogen) atoms. The van der Waals surface area contributed by atoms with Gasteiger partial charge in [-0.05, 0) is 55.2 Å². The average molecular weight is 527 g/mol. The first kappa shape index (κ1) is 26.1. The zero-order valence-electron chi connectivity index (χ0n) is 20.8. The van der Waals surface area contributed by atoms with Crippen molar-refractivity contribution in [1.82, 2.24) is 14.8 Å². The Morgan fingerprint density at radius 1 is 1.17 bits per heavy atom. The monoisotopic (exact) mass is 526 g/mol. The number of fused-ring (bicyclic) bond motifs is 1. The molecule has 0 aliphatic carbocycles. The number of anilines is 1. The highest BCUT2D eigenvalue weighted by atomic mass is 35.5. The Balaban J connectivity index is 1.60. The van der Waals surface area contributed by atoms with Crippen LogP contribution in [0.4, 0.5) is 5.95 Å². The van der Waals surface area contributed by atoms with Crippen molar-refractivity contribution in [1.29, 1.82) is 0 Å². The highest BCUT2D eigenvalue weighted by Crippen LogP contribution is 2.37. The minimum atomic E-state index is -0.458. The van der Waals surface area contributed by atoms with Gasteiger partial charge in [-0.3, -0.25) is 0 Å². The molecule has 1 aliphatic rings. The Labute approximate surface area is 221 Å². The van der Waals surface area contributed by atoms with Gasteiger partial charge in [0, 0.05) is 16.5 Å². The lowest BCUT2D eigenvalue weighted by Gasteiger charge is -2.28. The molecular weight excluding hydrogens is 496 g/mol. The molecule has 0 spiro atoms. The first-order valence-corrected chi connectivity index (χ1v) is 13.6. The molecule has 190 valence electrons. The van der Waals surface area contributed by atoms with Crippen molar-refractivity contribution in [3.63, 3.8) is 0 Å². The number of halogens is 1. The van der Waals surface area contributed by atoms with Gasteiger partial charge >= 0.3 is 5.97 Å². The van der Waals surface area contributed by atoms with Crippen LogP contribution in [0, 0.1) is 0 Å². The maximum Gasteiger partial charge on any atom is 0.338 e. The number of unbranched alkanes of at least 4 members (excludes halogenated alkanes) is 1. The van der Waals surface area contributed by atoms with Crippen LogP contribution in [0.5, 0.6) is 5.75 Å². The number of benzene rings is 2. The number of hydrogen-bond acceptors (Lipinski definition) is 7. The van der Waals surface area contributed by atoms with Crippen molar-refractivity contribution in [2.75, 3.05) is 17.7 Å². The molecule has 2 aromatic carbocycles. The van der Waals surface area contributed by atoms with Gasteiger partial charge in [0.05, 0.1) is 12.2 Å². The number of aromatic nitrogens is 3. The molecule has 0 bridgehead atoms. The molecule has 4 rings (SSSR count). The number of thioether (sulfide) groups is 1. The molecule has 0 saturated heterocycles. The van der Waals surface area contributed by atoms with Gasteiger partial charge in [0.15, 0.2) is 0 Å². The maximum absolute atomic E-state index is 13.1. The van der Waals surface area contributed by atoms with Gasteiger partial charge in [0.25, 0.3) is 0 Å². The van der Waals surface area contributed by atoms with Crippen LogP contribution in [-0.2, 0) is 16.1 Å². The first-order valence-electron chi connectivity index (χ1n) is 12.2. The highest BCUT2D eigenvalue weighted by molar-refractivity contribution is 7.99. The van der Waals surface area contributed by atoms with Crippen LogP contribution in [-0.4, -0.2) is 33.1 Å². The Morgan fingerprint density at radius 2 is 1.97 bits per heavy atom. The Hall–Kier alpha value is -2.97. The molecule has 3 aromatic rings. The number of carbonyl (C=O) groups excluding carboxylic acids is 1. The summed E-state index contributed by atoms with van der Waals surface area (Å²) in [7, 11) is 0. The summed E-state index contributed by atoms with van der Waals surface area (Å²) in [5, 5.41) is 9.37. The molecule has 1 N–H and O–H groups in total. The maximum atomic E-state index is 13.1. The second-order valence-corrected chi connectivity index (χ2v) is 10.1. The molecule has 1 unspecified atom stereocenters. The van der Waals surface area contributed by atoms with Crippen molar-refractivity contribution in [3.05, 3.63) is 76.0 Å². The van der Waals surface area contributed by atoms with Gasteiger partial charge < -0.3 is 14.8 Å². The molecule has 9 heteroatoms. The Bertz CT molecular complexity index is 1230. The van der Waals surface area contributed by atoms with Crippen LogP contribution in [0.25, 0.3) is 0 Å². The van der Waals surface area contributed by atoms with Gasteiger partial charge in [-0.15, -0.1) is 5.10 Å². The van der Waals surface area contributed by atoms with Crippen LogP contribution < -0.4 is 10.1 Å². The van der Waals surface area contributed by atoms with Crippen LogP contribution in [0.1, 0.15) is 57.2 Å². The van der Waals surface area contributed by atoms with E-state index >= 15 is 0 Å². The number of ether oxygens (including phenoxy) is 2. The van der Waals surface area contributed by atoms with E-state index in [1.807, 2.05) is 62.4 Å². The Morgan fingerprint density at radius 3 is 2.69 bits per heavy atom. The molecule has 7 nitrogen and oxygen atoms in total.